The molecule has 0 spiro atoms. The molecule has 2 unspecified atom stereocenters. The Morgan fingerprint density at radius 3 is 2.47 bits per heavy atom. The molecule has 3 N–H and O–H groups in total. The molecule has 0 aromatic heterocycles. The van der Waals surface area contributed by atoms with Gasteiger partial charge in [0.15, 0.2) is 12.2 Å². The number of aliphatic hydroxyl groups is 1. The summed E-state index contributed by atoms with van der Waals surface area (Å²) in [5.41, 5.74) is 0. The number of nitrogens with one attached hydrogen (secondary N) is 1. The lowest BCUT2D eigenvalue weighted by atomic mass is 10.2. The predicted molar refractivity (Wildman–Crippen MR) is 67.8 cm³/mol. The second kappa shape index (κ2) is 7.38. The van der Waals surface area contributed by atoms with Crippen LogP contribution in [0.5, 0.6) is 5.75 Å². The minimum Gasteiger partial charge on any atom is -0.481 e. The van der Waals surface area contributed by atoms with E-state index in [0.29, 0.717) is 12.2 Å². The van der Waals surface area contributed by atoms with Crippen LogP contribution in [-0.2, 0) is 9.59 Å². The third-order valence-electron chi connectivity index (χ3n) is 2.44. The number of hydrogen-bond donors (Lipinski definition) is 3. The smallest absolute Gasteiger partial charge is 0.334 e. The maximum Gasteiger partial charge on any atom is 0.334 e. The van der Waals surface area contributed by atoms with Crippen LogP contribution in [-0.4, -0.2) is 40.8 Å². The lowest BCUT2D eigenvalue weighted by molar-refractivity contribution is -0.146. The van der Waals surface area contributed by atoms with Crippen LogP contribution in [0.15, 0.2) is 30.3 Å². The number of aliphatic hydroxyl groups excluding tert-OH is 1. The summed E-state index contributed by atoms with van der Waals surface area (Å²) in [5, 5.41) is 19.9. The third kappa shape index (κ3) is 4.97. The highest BCUT2D eigenvalue weighted by Gasteiger charge is 2.20. The maximum absolute atomic E-state index is 11.8. The number of carboxylic acid groups (broad SMARTS) is 1. The Kier molecular flexibility index (Phi) is 5.81. The van der Waals surface area contributed by atoms with Crippen molar-refractivity contribution in [2.75, 3.05) is 6.54 Å². The molecule has 104 valence electrons. The van der Waals surface area contributed by atoms with Crippen LogP contribution >= 0.6 is 0 Å². The van der Waals surface area contributed by atoms with Crippen LogP contribution in [0.25, 0.3) is 0 Å². The fraction of sp³-hybridized carbons (Fsp3) is 0.385. The lowest BCUT2D eigenvalue weighted by Gasteiger charge is -2.17. The van der Waals surface area contributed by atoms with E-state index < -0.39 is 24.1 Å². The number of para-hydroxylation sites is 1. The normalized spacial score (nSPS) is 13.4. The summed E-state index contributed by atoms with van der Waals surface area (Å²) in [7, 11) is 0. The van der Waals surface area contributed by atoms with Gasteiger partial charge < -0.3 is 20.3 Å². The van der Waals surface area contributed by atoms with Crippen molar-refractivity contribution in [1.29, 1.82) is 0 Å². The Labute approximate surface area is 111 Å². The van der Waals surface area contributed by atoms with E-state index in [1.807, 2.05) is 6.07 Å². The van der Waals surface area contributed by atoms with Gasteiger partial charge in [-0.1, -0.05) is 25.1 Å². The molecule has 1 aromatic rings. The van der Waals surface area contributed by atoms with Gasteiger partial charge in [-0.3, -0.25) is 4.79 Å². The van der Waals surface area contributed by atoms with Crippen LogP contribution in [0.2, 0.25) is 0 Å². The van der Waals surface area contributed by atoms with Gasteiger partial charge in [-0.2, -0.15) is 0 Å². The van der Waals surface area contributed by atoms with Crippen LogP contribution in [0.3, 0.4) is 0 Å². The highest BCUT2D eigenvalue weighted by atomic mass is 16.5. The molecule has 0 saturated heterocycles. The number of hydrogen-bond acceptors (Lipinski definition) is 4. The summed E-state index contributed by atoms with van der Waals surface area (Å²) < 4.78 is 5.48. The topological polar surface area (TPSA) is 95.9 Å². The Morgan fingerprint density at radius 2 is 1.95 bits per heavy atom. The number of carbonyl (C=O) groups excluding carboxylic acids is 1. The van der Waals surface area contributed by atoms with Gasteiger partial charge in [0.05, 0.1) is 6.54 Å². The predicted octanol–water partition coefficient (Wildman–Crippen LogP) is 0.406. The number of benzene rings is 1. The first-order chi connectivity index (χ1) is 9.04. The molecule has 0 aliphatic heterocycles. The van der Waals surface area contributed by atoms with Gasteiger partial charge in [-0.05, 0) is 18.6 Å². The highest BCUT2D eigenvalue weighted by Crippen LogP contribution is 2.12. The van der Waals surface area contributed by atoms with Gasteiger partial charge in [0.2, 0.25) is 0 Å². The summed E-state index contributed by atoms with van der Waals surface area (Å²) in [6.45, 7) is 1.43. The summed E-state index contributed by atoms with van der Waals surface area (Å²) in [6, 6.07) is 8.85. The van der Waals surface area contributed by atoms with Crippen molar-refractivity contribution in [1.82, 2.24) is 5.32 Å². The van der Waals surface area contributed by atoms with Crippen LogP contribution < -0.4 is 10.1 Å². The number of aliphatic carboxylic acids is 1. The van der Waals surface area contributed by atoms with Gasteiger partial charge in [0, 0.05) is 0 Å². The molecule has 6 heteroatoms. The molecular formula is C13H17NO5. The Balaban J connectivity index is 2.50. The standard InChI is InChI=1S/C13H17NO5/c1-2-11(19-9-6-4-3-5-7-9)12(16)14-8-10(15)13(17)18/h3-7,10-11,15H,2,8H2,1H3,(H,14,16)(H,17,18). The average Bonchev–Trinajstić information content (AvgIpc) is 2.42. The second-order valence-corrected chi connectivity index (χ2v) is 3.93. The van der Waals surface area contributed by atoms with E-state index in [2.05, 4.69) is 5.32 Å². The van der Waals surface area contributed by atoms with Crippen LogP contribution in [0, 0.1) is 0 Å². The Bertz CT molecular complexity index is 420. The zero-order valence-corrected chi connectivity index (χ0v) is 10.6. The molecule has 1 aromatic carbocycles. The molecule has 0 aliphatic rings. The fourth-order valence-electron chi connectivity index (χ4n) is 1.38. The minimum absolute atomic E-state index is 0.344. The summed E-state index contributed by atoms with van der Waals surface area (Å²) in [4.78, 5) is 22.2. The molecule has 0 bridgehead atoms. The van der Waals surface area contributed by atoms with Crippen molar-refractivity contribution in [3.8, 4) is 5.75 Å². The molecule has 0 aliphatic carbocycles. The molecule has 19 heavy (non-hydrogen) atoms. The summed E-state index contributed by atoms with van der Waals surface area (Å²) >= 11 is 0. The van der Waals surface area contributed by atoms with E-state index >= 15 is 0 Å². The fourth-order valence-corrected chi connectivity index (χ4v) is 1.38. The summed E-state index contributed by atoms with van der Waals surface area (Å²) in [6.07, 6.45) is -1.90. The van der Waals surface area contributed by atoms with E-state index in [1.165, 1.54) is 0 Å². The van der Waals surface area contributed by atoms with Crippen molar-refractivity contribution in [2.24, 2.45) is 0 Å². The number of ether oxygens (including phenoxy) is 1. The molecule has 1 rings (SSSR count). The lowest BCUT2D eigenvalue weighted by Crippen LogP contribution is -2.43. The van der Waals surface area contributed by atoms with E-state index in [4.69, 9.17) is 14.9 Å². The van der Waals surface area contributed by atoms with Crippen LogP contribution in [0.1, 0.15) is 13.3 Å². The van der Waals surface area contributed by atoms with E-state index in [0.717, 1.165) is 0 Å². The third-order valence-corrected chi connectivity index (χ3v) is 2.44. The second-order valence-electron chi connectivity index (χ2n) is 3.93. The number of rotatable bonds is 7. The van der Waals surface area contributed by atoms with E-state index in [9.17, 15) is 9.59 Å². The first kappa shape index (κ1) is 15.0. The molecule has 2 atom stereocenters. The van der Waals surface area contributed by atoms with Gasteiger partial charge >= 0.3 is 5.97 Å². The van der Waals surface area contributed by atoms with Gasteiger partial charge in [0.1, 0.15) is 5.75 Å². The molecule has 6 nitrogen and oxygen atoms in total. The zero-order valence-electron chi connectivity index (χ0n) is 10.6. The molecule has 0 radical (unpaired) electrons. The van der Waals surface area contributed by atoms with Crippen LogP contribution in [0.4, 0.5) is 0 Å². The van der Waals surface area contributed by atoms with Crippen molar-refractivity contribution in [3.63, 3.8) is 0 Å². The van der Waals surface area contributed by atoms with E-state index in [-0.39, 0.29) is 6.54 Å². The van der Waals surface area contributed by atoms with Crippen molar-refractivity contribution in [3.05, 3.63) is 30.3 Å². The highest BCUT2D eigenvalue weighted by molar-refractivity contribution is 5.82. The quantitative estimate of drug-likeness (QED) is 0.665. The monoisotopic (exact) mass is 267 g/mol. The summed E-state index contributed by atoms with van der Waals surface area (Å²) in [5.74, 6) is -1.27. The Hall–Kier alpha value is -2.08. The van der Waals surface area contributed by atoms with Crippen molar-refractivity contribution in [2.45, 2.75) is 25.6 Å². The average molecular weight is 267 g/mol. The Morgan fingerprint density at radius 1 is 1.32 bits per heavy atom. The molecule has 1 amide bonds. The maximum atomic E-state index is 11.8. The largest absolute Gasteiger partial charge is 0.481 e. The molecular weight excluding hydrogens is 250 g/mol. The van der Waals surface area contributed by atoms with Gasteiger partial charge in [-0.25, -0.2) is 4.79 Å². The number of carboxylic acids is 1. The number of amides is 1. The molecule has 0 fully saturated rings. The minimum atomic E-state index is -1.61. The zero-order chi connectivity index (χ0) is 14.3. The van der Waals surface area contributed by atoms with Gasteiger partial charge in [0.25, 0.3) is 5.91 Å². The van der Waals surface area contributed by atoms with E-state index in [1.54, 1.807) is 31.2 Å². The van der Waals surface area contributed by atoms with Gasteiger partial charge in [-0.15, -0.1) is 0 Å². The molecule has 0 saturated carbocycles. The van der Waals surface area contributed by atoms with Crippen molar-refractivity contribution < 1.29 is 24.5 Å². The first-order valence-corrected chi connectivity index (χ1v) is 5.95. The first-order valence-electron chi connectivity index (χ1n) is 5.95. The molecule has 0 heterocycles. The SMILES string of the molecule is CCC(Oc1ccccc1)C(=O)NCC(O)C(=O)O. The number of carbonyl (C=O) groups is 2. The van der Waals surface area contributed by atoms with Crippen molar-refractivity contribution >= 4 is 11.9 Å².